The molecule has 0 bridgehead atoms. The lowest BCUT2D eigenvalue weighted by Crippen LogP contribution is -2.48. The van der Waals surface area contributed by atoms with Crippen molar-refractivity contribution in [2.24, 2.45) is 0 Å². The Balaban J connectivity index is 1.27. The number of hydrogen-bond acceptors (Lipinski definition) is 6. The Morgan fingerprint density at radius 3 is 2.46 bits per heavy atom. The van der Waals surface area contributed by atoms with Crippen molar-refractivity contribution in [1.29, 1.82) is 0 Å². The number of aromatic nitrogens is 2. The van der Waals surface area contributed by atoms with Gasteiger partial charge in [0.1, 0.15) is 11.6 Å². The average Bonchev–Trinajstić information content (AvgIpc) is 3.27. The normalized spacial score (nSPS) is 14.8. The molecule has 7 heteroatoms. The second-order valence-corrected chi connectivity index (χ2v) is 6.79. The molecule has 1 aliphatic rings. The van der Waals surface area contributed by atoms with Gasteiger partial charge in [-0.1, -0.05) is 30.3 Å². The van der Waals surface area contributed by atoms with Crippen LogP contribution in [0.25, 0.3) is 0 Å². The summed E-state index contributed by atoms with van der Waals surface area (Å²) in [6.45, 7) is 4.56. The summed E-state index contributed by atoms with van der Waals surface area (Å²) in [7, 11) is 0. The topological polar surface area (TPSA) is 74.5 Å². The molecule has 7 nitrogen and oxygen atoms in total. The van der Waals surface area contributed by atoms with Crippen molar-refractivity contribution in [3.63, 3.8) is 0 Å². The first-order valence-electron chi connectivity index (χ1n) is 9.43. The Bertz CT molecular complexity index is 873. The molecule has 0 radical (unpaired) electrons. The lowest BCUT2D eigenvalue weighted by Gasteiger charge is -2.34. The molecule has 1 saturated heterocycles. The van der Waals surface area contributed by atoms with E-state index in [-0.39, 0.29) is 5.91 Å². The summed E-state index contributed by atoms with van der Waals surface area (Å²) in [5.74, 6) is 1.36. The molecule has 1 N–H and O–H groups in total. The third kappa shape index (κ3) is 4.55. The fraction of sp³-hybridized carbons (Fsp3) is 0.286. The van der Waals surface area contributed by atoms with E-state index in [1.807, 2.05) is 23.1 Å². The molecule has 1 fully saturated rings. The van der Waals surface area contributed by atoms with Crippen LogP contribution in [0.4, 0.5) is 5.82 Å². The van der Waals surface area contributed by atoms with E-state index in [0.29, 0.717) is 31.1 Å². The fourth-order valence-electron chi connectivity index (χ4n) is 3.24. The van der Waals surface area contributed by atoms with Gasteiger partial charge < -0.3 is 14.6 Å². The Hall–Kier alpha value is -3.19. The van der Waals surface area contributed by atoms with Crippen molar-refractivity contribution < 1.29 is 9.21 Å². The minimum atomic E-state index is -0.0653. The molecule has 0 atom stereocenters. The highest BCUT2D eigenvalue weighted by atomic mass is 16.3. The fourth-order valence-corrected chi connectivity index (χ4v) is 3.24. The quantitative estimate of drug-likeness (QED) is 0.712. The van der Waals surface area contributed by atoms with Crippen LogP contribution in [0.3, 0.4) is 0 Å². The number of furan rings is 1. The van der Waals surface area contributed by atoms with Gasteiger partial charge in [0.25, 0.3) is 5.91 Å². The maximum absolute atomic E-state index is 12.7. The Kier molecular flexibility index (Phi) is 5.63. The summed E-state index contributed by atoms with van der Waals surface area (Å²) < 4.78 is 5.27. The largest absolute Gasteiger partial charge is 0.467 e. The van der Waals surface area contributed by atoms with Crippen LogP contribution in [0.2, 0.25) is 0 Å². The van der Waals surface area contributed by atoms with Gasteiger partial charge in [-0.3, -0.25) is 9.69 Å². The van der Waals surface area contributed by atoms with E-state index in [4.69, 9.17) is 4.42 Å². The summed E-state index contributed by atoms with van der Waals surface area (Å²) in [4.78, 5) is 16.9. The molecule has 1 amide bonds. The number of piperazine rings is 1. The zero-order chi connectivity index (χ0) is 19.2. The zero-order valence-electron chi connectivity index (χ0n) is 15.6. The van der Waals surface area contributed by atoms with E-state index >= 15 is 0 Å². The van der Waals surface area contributed by atoms with Gasteiger partial charge in [0.2, 0.25) is 0 Å². The van der Waals surface area contributed by atoms with Crippen molar-refractivity contribution in [2.45, 2.75) is 13.1 Å². The number of nitrogens with zero attached hydrogens (tertiary/aromatic N) is 4. The van der Waals surface area contributed by atoms with Crippen LogP contribution < -0.4 is 5.32 Å². The molecule has 3 heterocycles. The first kappa shape index (κ1) is 18.2. The van der Waals surface area contributed by atoms with Crippen LogP contribution >= 0.6 is 0 Å². The van der Waals surface area contributed by atoms with Crippen LogP contribution in [0.5, 0.6) is 0 Å². The number of benzene rings is 1. The minimum Gasteiger partial charge on any atom is -0.467 e. The summed E-state index contributed by atoms with van der Waals surface area (Å²) >= 11 is 0. The number of nitrogens with one attached hydrogen (secondary N) is 1. The summed E-state index contributed by atoms with van der Waals surface area (Å²) in [6, 6.07) is 17.6. The third-order valence-corrected chi connectivity index (χ3v) is 4.82. The maximum Gasteiger partial charge on any atom is 0.274 e. The Morgan fingerprint density at radius 2 is 1.79 bits per heavy atom. The number of anilines is 1. The third-order valence-electron chi connectivity index (χ3n) is 4.82. The molecule has 0 saturated carbocycles. The standard InChI is InChI=1S/C21H23N5O2/c27-21(19-8-9-20(24-23-19)22-15-18-7-4-14-28-18)26-12-10-25(11-13-26)16-17-5-2-1-3-6-17/h1-9,14H,10-13,15-16H2,(H,22,24). The predicted octanol–water partition coefficient (Wildman–Crippen LogP) is 2.64. The first-order valence-corrected chi connectivity index (χ1v) is 9.43. The summed E-state index contributed by atoms with van der Waals surface area (Å²) in [6.07, 6.45) is 1.63. The predicted molar refractivity (Wildman–Crippen MR) is 106 cm³/mol. The minimum absolute atomic E-state index is 0.0653. The van der Waals surface area contributed by atoms with Gasteiger partial charge in [-0.25, -0.2) is 0 Å². The SMILES string of the molecule is O=C(c1ccc(NCc2ccco2)nn1)N1CCN(Cc2ccccc2)CC1. The second kappa shape index (κ2) is 8.67. The molecule has 1 aliphatic heterocycles. The van der Waals surface area contributed by atoms with Crippen LogP contribution in [0.1, 0.15) is 21.8 Å². The molecule has 3 aromatic rings. The first-order chi connectivity index (χ1) is 13.8. The van der Waals surface area contributed by atoms with Crippen molar-refractivity contribution in [1.82, 2.24) is 20.0 Å². The molecule has 1 aromatic carbocycles. The van der Waals surface area contributed by atoms with Gasteiger partial charge in [-0.2, -0.15) is 0 Å². The molecular formula is C21H23N5O2. The number of amides is 1. The highest BCUT2D eigenvalue weighted by Crippen LogP contribution is 2.12. The van der Waals surface area contributed by atoms with Crippen LogP contribution in [-0.4, -0.2) is 52.1 Å². The molecule has 0 unspecified atom stereocenters. The van der Waals surface area contributed by atoms with E-state index in [9.17, 15) is 4.79 Å². The second-order valence-electron chi connectivity index (χ2n) is 6.79. The molecular weight excluding hydrogens is 354 g/mol. The smallest absolute Gasteiger partial charge is 0.274 e. The van der Waals surface area contributed by atoms with Crippen molar-refractivity contribution in [2.75, 3.05) is 31.5 Å². The molecule has 144 valence electrons. The van der Waals surface area contributed by atoms with Crippen LogP contribution in [-0.2, 0) is 13.1 Å². The van der Waals surface area contributed by atoms with E-state index in [0.717, 1.165) is 25.4 Å². The lowest BCUT2D eigenvalue weighted by molar-refractivity contribution is 0.0621. The summed E-state index contributed by atoms with van der Waals surface area (Å²) in [5, 5.41) is 11.3. The van der Waals surface area contributed by atoms with Crippen LogP contribution in [0, 0.1) is 0 Å². The van der Waals surface area contributed by atoms with E-state index in [2.05, 4.69) is 44.7 Å². The molecule has 0 aliphatic carbocycles. The average molecular weight is 377 g/mol. The van der Waals surface area contributed by atoms with Gasteiger partial charge in [-0.15, -0.1) is 10.2 Å². The van der Waals surface area contributed by atoms with Crippen molar-refractivity contribution >= 4 is 11.7 Å². The highest BCUT2D eigenvalue weighted by molar-refractivity contribution is 5.92. The van der Waals surface area contributed by atoms with Crippen molar-refractivity contribution in [3.05, 3.63) is 77.9 Å². The van der Waals surface area contributed by atoms with E-state index < -0.39 is 0 Å². The van der Waals surface area contributed by atoms with Gasteiger partial charge in [0.05, 0.1) is 12.8 Å². The lowest BCUT2D eigenvalue weighted by atomic mass is 10.2. The number of carbonyl (C=O) groups excluding carboxylic acids is 1. The highest BCUT2D eigenvalue weighted by Gasteiger charge is 2.23. The zero-order valence-corrected chi connectivity index (χ0v) is 15.6. The van der Waals surface area contributed by atoms with Gasteiger partial charge in [-0.05, 0) is 29.8 Å². The molecule has 0 spiro atoms. The Morgan fingerprint density at radius 1 is 0.964 bits per heavy atom. The van der Waals surface area contributed by atoms with Gasteiger partial charge in [0, 0.05) is 32.7 Å². The number of rotatable bonds is 6. The van der Waals surface area contributed by atoms with Gasteiger partial charge in [0.15, 0.2) is 5.69 Å². The molecule has 2 aromatic heterocycles. The number of carbonyl (C=O) groups is 1. The molecule has 28 heavy (non-hydrogen) atoms. The Labute approximate surface area is 164 Å². The van der Waals surface area contributed by atoms with E-state index in [1.165, 1.54) is 5.56 Å². The van der Waals surface area contributed by atoms with Gasteiger partial charge >= 0.3 is 0 Å². The van der Waals surface area contributed by atoms with Crippen molar-refractivity contribution in [3.8, 4) is 0 Å². The maximum atomic E-state index is 12.7. The monoisotopic (exact) mass is 377 g/mol. The number of hydrogen-bond donors (Lipinski definition) is 1. The van der Waals surface area contributed by atoms with Crippen LogP contribution in [0.15, 0.2) is 65.3 Å². The van der Waals surface area contributed by atoms with E-state index in [1.54, 1.807) is 18.4 Å². The summed E-state index contributed by atoms with van der Waals surface area (Å²) in [5.41, 5.74) is 1.67. The molecule has 4 rings (SSSR count).